The Morgan fingerprint density at radius 1 is 1.00 bits per heavy atom. The number of furan rings is 1. The van der Waals surface area contributed by atoms with Crippen molar-refractivity contribution in [3.63, 3.8) is 0 Å². The third-order valence-electron chi connectivity index (χ3n) is 4.21. The molecule has 0 radical (unpaired) electrons. The Morgan fingerprint density at radius 2 is 1.73 bits per heavy atom. The van der Waals surface area contributed by atoms with Gasteiger partial charge in [-0.25, -0.2) is 0 Å². The van der Waals surface area contributed by atoms with Crippen LogP contribution >= 0.6 is 0 Å². The van der Waals surface area contributed by atoms with Gasteiger partial charge in [0.15, 0.2) is 0 Å². The van der Waals surface area contributed by atoms with Crippen molar-refractivity contribution in [1.82, 2.24) is 5.32 Å². The third-order valence-corrected chi connectivity index (χ3v) is 4.21. The summed E-state index contributed by atoms with van der Waals surface area (Å²) in [5, 5.41) is 5.51. The van der Waals surface area contributed by atoms with Crippen LogP contribution in [0, 0.1) is 6.92 Å². The molecule has 0 aliphatic rings. The molecule has 3 rings (SSSR count). The second kappa shape index (κ2) is 9.60. The van der Waals surface area contributed by atoms with Crippen molar-refractivity contribution in [2.24, 2.45) is 0 Å². The van der Waals surface area contributed by atoms with Gasteiger partial charge in [-0.3, -0.25) is 9.59 Å². The first-order chi connectivity index (χ1) is 14.4. The van der Waals surface area contributed by atoms with Crippen molar-refractivity contribution >= 4 is 23.6 Å². The summed E-state index contributed by atoms with van der Waals surface area (Å²) in [6.07, 6.45) is 2.93. The monoisotopic (exact) mass is 404 g/mol. The van der Waals surface area contributed by atoms with E-state index < -0.39 is 5.91 Å². The summed E-state index contributed by atoms with van der Waals surface area (Å²) in [7, 11) is 0. The highest BCUT2D eigenvalue weighted by atomic mass is 16.5. The number of aryl methyl sites for hydroxylation is 1. The van der Waals surface area contributed by atoms with E-state index in [1.54, 1.807) is 42.5 Å². The van der Waals surface area contributed by atoms with Gasteiger partial charge >= 0.3 is 0 Å². The third kappa shape index (κ3) is 5.38. The van der Waals surface area contributed by atoms with Crippen molar-refractivity contribution in [3.8, 4) is 5.75 Å². The molecule has 6 nitrogen and oxygen atoms in total. The van der Waals surface area contributed by atoms with Crippen LogP contribution in [0.5, 0.6) is 5.75 Å². The molecule has 1 heterocycles. The second-order valence-corrected chi connectivity index (χ2v) is 6.96. The smallest absolute Gasteiger partial charge is 0.272 e. The number of benzene rings is 2. The minimum atomic E-state index is -0.492. The molecule has 0 aliphatic carbocycles. The van der Waals surface area contributed by atoms with Gasteiger partial charge in [-0.05, 0) is 56.7 Å². The molecule has 2 aromatic carbocycles. The van der Waals surface area contributed by atoms with E-state index in [2.05, 4.69) is 10.6 Å². The molecule has 154 valence electrons. The molecule has 6 heteroatoms. The lowest BCUT2D eigenvalue weighted by Gasteiger charge is -2.16. The number of anilines is 1. The first-order valence-corrected chi connectivity index (χ1v) is 9.63. The van der Waals surface area contributed by atoms with Crippen molar-refractivity contribution in [2.45, 2.75) is 26.9 Å². The van der Waals surface area contributed by atoms with Crippen molar-refractivity contribution in [1.29, 1.82) is 0 Å². The molecular weight excluding hydrogens is 380 g/mol. The summed E-state index contributed by atoms with van der Waals surface area (Å²) in [6.45, 7) is 5.65. The Labute approximate surface area is 175 Å². The van der Waals surface area contributed by atoms with Crippen LogP contribution in [-0.2, 0) is 4.79 Å². The van der Waals surface area contributed by atoms with Gasteiger partial charge in [0.05, 0.1) is 18.1 Å². The van der Waals surface area contributed by atoms with Crippen molar-refractivity contribution in [2.75, 3.05) is 5.32 Å². The van der Waals surface area contributed by atoms with E-state index in [0.717, 1.165) is 5.56 Å². The number of carbonyl (C=O) groups is 2. The molecule has 3 aromatic rings. The highest BCUT2D eigenvalue weighted by molar-refractivity contribution is 6.11. The molecule has 0 atom stereocenters. The molecule has 2 amide bonds. The zero-order chi connectivity index (χ0) is 21.5. The van der Waals surface area contributed by atoms with Gasteiger partial charge in [0.2, 0.25) is 0 Å². The summed E-state index contributed by atoms with van der Waals surface area (Å²) in [5.74, 6) is 0.112. The number of para-hydroxylation sites is 2. The maximum absolute atomic E-state index is 13.0. The number of nitrogens with one attached hydrogen (secondary N) is 2. The summed E-state index contributed by atoms with van der Waals surface area (Å²) in [5.41, 5.74) is 1.85. The van der Waals surface area contributed by atoms with Crippen molar-refractivity contribution < 1.29 is 18.7 Å². The van der Waals surface area contributed by atoms with Gasteiger partial charge in [-0.1, -0.05) is 30.3 Å². The lowest BCUT2D eigenvalue weighted by Crippen LogP contribution is -2.31. The molecule has 0 bridgehead atoms. The zero-order valence-corrected chi connectivity index (χ0v) is 17.1. The molecule has 2 N–H and O–H groups in total. The van der Waals surface area contributed by atoms with Gasteiger partial charge in [-0.15, -0.1) is 0 Å². The van der Waals surface area contributed by atoms with Crippen LogP contribution in [0.15, 0.2) is 77.0 Å². The summed E-state index contributed by atoms with van der Waals surface area (Å²) in [4.78, 5) is 25.8. The first-order valence-electron chi connectivity index (χ1n) is 9.63. The number of rotatable bonds is 7. The molecule has 0 aliphatic heterocycles. The highest BCUT2D eigenvalue weighted by Gasteiger charge is 2.18. The number of ether oxygens (including phenoxy) is 1. The van der Waals surface area contributed by atoms with Crippen LogP contribution in [0.2, 0.25) is 0 Å². The Morgan fingerprint density at radius 3 is 2.43 bits per heavy atom. The minimum Gasteiger partial charge on any atom is -0.489 e. The predicted molar refractivity (Wildman–Crippen MR) is 116 cm³/mol. The molecule has 0 saturated heterocycles. The fourth-order valence-electron chi connectivity index (χ4n) is 2.81. The van der Waals surface area contributed by atoms with Crippen LogP contribution in [0.1, 0.15) is 35.5 Å². The Hall–Kier alpha value is -3.80. The fourth-order valence-corrected chi connectivity index (χ4v) is 2.81. The number of carbonyl (C=O) groups excluding carboxylic acids is 2. The Kier molecular flexibility index (Phi) is 6.70. The number of hydrogen-bond acceptors (Lipinski definition) is 4. The van der Waals surface area contributed by atoms with Gasteiger partial charge in [0.1, 0.15) is 17.2 Å². The van der Waals surface area contributed by atoms with Gasteiger partial charge < -0.3 is 19.8 Å². The molecule has 0 unspecified atom stereocenters. The van der Waals surface area contributed by atoms with Crippen molar-refractivity contribution in [3.05, 3.63) is 89.5 Å². The summed E-state index contributed by atoms with van der Waals surface area (Å²) in [6, 6.07) is 17.7. The topological polar surface area (TPSA) is 80.6 Å². The maximum atomic E-state index is 13.0. The molecular formula is C24H24N2O4. The van der Waals surface area contributed by atoms with Crippen LogP contribution in [0.4, 0.5) is 5.69 Å². The van der Waals surface area contributed by atoms with E-state index in [1.165, 1.54) is 12.3 Å². The van der Waals surface area contributed by atoms with Crippen LogP contribution in [-0.4, -0.2) is 17.9 Å². The SMILES string of the molecule is Cc1ccccc1C(=O)N/C(=C\c1ccco1)C(=O)Nc1ccccc1OC(C)C. The Bertz CT molecular complexity index is 1050. The van der Waals surface area contributed by atoms with Crippen LogP contribution in [0.25, 0.3) is 6.08 Å². The molecule has 0 spiro atoms. The largest absolute Gasteiger partial charge is 0.489 e. The first kappa shape index (κ1) is 20.9. The van der Waals surface area contributed by atoms with Gasteiger partial charge in [-0.2, -0.15) is 0 Å². The van der Waals surface area contributed by atoms with E-state index in [0.29, 0.717) is 22.8 Å². The highest BCUT2D eigenvalue weighted by Crippen LogP contribution is 2.25. The quantitative estimate of drug-likeness (QED) is 0.555. The minimum absolute atomic E-state index is 0.0533. The zero-order valence-electron chi connectivity index (χ0n) is 17.1. The number of hydrogen-bond donors (Lipinski definition) is 2. The number of amides is 2. The molecule has 0 fully saturated rings. The van der Waals surface area contributed by atoms with Gasteiger partial charge in [0.25, 0.3) is 11.8 Å². The van der Waals surface area contributed by atoms with Crippen LogP contribution < -0.4 is 15.4 Å². The lowest BCUT2D eigenvalue weighted by molar-refractivity contribution is -0.113. The summed E-state index contributed by atoms with van der Waals surface area (Å²) >= 11 is 0. The standard InChI is InChI=1S/C24H24N2O4/c1-16(2)30-22-13-7-6-12-20(22)25-24(28)21(15-18-10-8-14-29-18)26-23(27)19-11-5-4-9-17(19)3/h4-16H,1-3H3,(H,25,28)(H,26,27)/b21-15-. The Balaban J connectivity index is 1.87. The lowest BCUT2D eigenvalue weighted by atomic mass is 10.1. The average Bonchev–Trinajstić information content (AvgIpc) is 3.22. The fraction of sp³-hybridized carbons (Fsp3) is 0.167. The molecule has 30 heavy (non-hydrogen) atoms. The van der Waals surface area contributed by atoms with E-state index in [4.69, 9.17) is 9.15 Å². The van der Waals surface area contributed by atoms with E-state index in [1.807, 2.05) is 39.0 Å². The van der Waals surface area contributed by atoms with E-state index >= 15 is 0 Å². The predicted octanol–water partition coefficient (Wildman–Crippen LogP) is 4.78. The second-order valence-electron chi connectivity index (χ2n) is 6.96. The maximum Gasteiger partial charge on any atom is 0.272 e. The average molecular weight is 404 g/mol. The molecule has 0 saturated carbocycles. The van der Waals surface area contributed by atoms with E-state index in [9.17, 15) is 9.59 Å². The summed E-state index contributed by atoms with van der Waals surface area (Å²) < 4.78 is 11.1. The molecule has 1 aromatic heterocycles. The van der Waals surface area contributed by atoms with Crippen LogP contribution in [0.3, 0.4) is 0 Å². The normalized spacial score (nSPS) is 11.3. The van der Waals surface area contributed by atoms with Gasteiger partial charge in [0, 0.05) is 11.6 Å². The van der Waals surface area contributed by atoms with E-state index in [-0.39, 0.29) is 17.7 Å².